The number of nitrogens with one attached hydrogen (secondary N) is 2. The molecule has 0 saturated carbocycles. The zero-order chi connectivity index (χ0) is 21.6. The first-order chi connectivity index (χ1) is 13.6. The summed E-state index contributed by atoms with van der Waals surface area (Å²) in [5.41, 5.74) is 1.37. The van der Waals surface area contributed by atoms with Crippen molar-refractivity contribution in [1.82, 2.24) is 20.4 Å². The molecule has 0 unspecified atom stereocenters. The van der Waals surface area contributed by atoms with E-state index in [1.54, 1.807) is 37.6 Å². The quantitative estimate of drug-likeness (QED) is 0.688. The maximum Gasteiger partial charge on any atom is 0.407 e. The van der Waals surface area contributed by atoms with Gasteiger partial charge < -0.3 is 15.4 Å². The molecule has 7 nitrogen and oxygen atoms in total. The van der Waals surface area contributed by atoms with Crippen LogP contribution in [0.1, 0.15) is 63.0 Å². The Morgan fingerprint density at radius 2 is 1.76 bits per heavy atom. The molecule has 29 heavy (non-hydrogen) atoms. The predicted molar refractivity (Wildman–Crippen MR) is 109 cm³/mol. The van der Waals surface area contributed by atoms with Crippen molar-refractivity contribution in [3.05, 3.63) is 47.5 Å². The van der Waals surface area contributed by atoms with E-state index in [2.05, 4.69) is 15.7 Å². The molecule has 0 fully saturated rings. The monoisotopic (exact) mass is 404 g/mol. The molecular formula is C21H29FN4O3. The number of benzene rings is 1. The summed E-state index contributed by atoms with van der Waals surface area (Å²) in [6, 6.07) is 5.97. The van der Waals surface area contributed by atoms with Crippen molar-refractivity contribution in [2.45, 2.75) is 52.6 Å². The molecular weight excluding hydrogens is 375 g/mol. The van der Waals surface area contributed by atoms with Gasteiger partial charge >= 0.3 is 6.09 Å². The second-order valence-electron chi connectivity index (χ2n) is 8.02. The molecule has 2 N–H and O–H groups in total. The Kier molecular flexibility index (Phi) is 7.36. The van der Waals surface area contributed by atoms with Crippen molar-refractivity contribution in [2.75, 3.05) is 13.1 Å². The van der Waals surface area contributed by atoms with Crippen LogP contribution in [0.2, 0.25) is 0 Å². The van der Waals surface area contributed by atoms with Gasteiger partial charge in [-0.25, -0.2) is 13.9 Å². The Morgan fingerprint density at radius 3 is 2.34 bits per heavy atom. The van der Waals surface area contributed by atoms with E-state index >= 15 is 0 Å². The fraction of sp³-hybridized carbons (Fsp3) is 0.476. The third kappa shape index (κ3) is 6.58. The lowest BCUT2D eigenvalue weighted by molar-refractivity contribution is 0.0527. The van der Waals surface area contributed by atoms with Gasteiger partial charge in [-0.3, -0.25) is 4.79 Å². The normalized spacial score (nSPS) is 11.4. The second kappa shape index (κ2) is 9.54. The Labute approximate surface area is 170 Å². The van der Waals surface area contributed by atoms with E-state index in [0.717, 1.165) is 5.69 Å². The summed E-state index contributed by atoms with van der Waals surface area (Å²) >= 11 is 0. The summed E-state index contributed by atoms with van der Waals surface area (Å²) in [6.07, 6.45) is 1.60. The Balaban J connectivity index is 1.94. The van der Waals surface area contributed by atoms with Crippen molar-refractivity contribution < 1.29 is 18.7 Å². The van der Waals surface area contributed by atoms with Gasteiger partial charge in [0.15, 0.2) is 0 Å². The molecule has 0 bridgehead atoms. The van der Waals surface area contributed by atoms with Gasteiger partial charge in [0.05, 0.1) is 23.1 Å². The van der Waals surface area contributed by atoms with Gasteiger partial charge in [-0.15, -0.1) is 0 Å². The molecule has 1 aromatic carbocycles. The lowest BCUT2D eigenvalue weighted by Crippen LogP contribution is -2.34. The Hall–Kier alpha value is -2.90. The van der Waals surface area contributed by atoms with Crippen molar-refractivity contribution in [2.24, 2.45) is 0 Å². The molecule has 1 aromatic heterocycles. The van der Waals surface area contributed by atoms with E-state index < -0.39 is 11.7 Å². The molecule has 2 rings (SSSR count). The highest BCUT2D eigenvalue weighted by atomic mass is 19.1. The van der Waals surface area contributed by atoms with Crippen molar-refractivity contribution >= 4 is 12.0 Å². The minimum atomic E-state index is -0.545. The fourth-order valence-electron chi connectivity index (χ4n) is 2.77. The van der Waals surface area contributed by atoms with Crippen LogP contribution in [0.25, 0.3) is 5.69 Å². The number of carbonyl (C=O) groups is 2. The van der Waals surface area contributed by atoms with Crippen molar-refractivity contribution in [1.29, 1.82) is 0 Å². The number of rotatable bonds is 7. The summed E-state index contributed by atoms with van der Waals surface area (Å²) in [5.74, 6) is -0.526. The number of alkyl carbamates (subject to hydrolysis) is 1. The number of nitrogens with zero attached hydrogens (tertiary/aromatic N) is 2. The lowest BCUT2D eigenvalue weighted by Gasteiger charge is -2.19. The van der Waals surface area contributed by atoms with Crippen LogP contribution < -0.4 is 10.6 Å². The number of hydrogen-bond donors (Lipinski definition) is 2. The first-order valence-electron chi connectivity index (χ1n) is 9.67. The molecule has 0 aliphatic rings. The van der Waals surface area contributed by atoms with Crippen LogP contribution >= 0.6 is 0 Å². The number of halogens is 1. The SMILES string of the molecule is CC(C)c1c(C(=O)NCCCNC(=O)OC(C)(C)C)cnn1-c1ccc(F)cc1. The maximum absolute atomic E-state index is 13.2. The highest BCUT2D eigenvalue weighted by Gasteiger charge is 2.21. The first-order valence-corrected chi connectivity index (χ1v) is 9.67. The van der Waals surface area contributed by atoms with E-state index in [1.807, 2.05) is 13.8 Å². The van der Waals surface area contributed by atoms with Gasteiger partial charge in [-0.05, 0) is 57.4 Å². The smallest absolute Gasteiger partial charge is 0.407 e. The molecule has 158 valence electrons. The van der Waals surface area contributed by atoms with Gasteiger partial charge in [-0.2, -0.15) is 5.10 Å². The molecule has 0 atom stereocenters. The average Bonchev–Trinajstić information content (AvgIpc) is 3.05. The van der Waals surface area contributed by atoms with Crippen LogP contribution in [0.15, 0.2) is 30.5 Å². The average molecular weight is 404 g/mol. The van der Waals surface area contributed by atoms with Gasteiger partial charge in [0.2, 0.25) is 0 Å². The first kappa shape index (κ1) is 22.4. The second-order valence-corrected chi connectivity index (χ2v) is 8.02. The molecule has 8 heteroatoms. The predicted octanol–water partition coefficient (Wildman–Crippen LogP) is 3.78. The van der Waals surface area contributed by atoms with E-state index in [-0.39, 0.29) is 17.6 Å². The summed E-state index contributed by atoms with van der Waals surface area (Å²) in [7, 11) is 0. The van der Waals surface area contributed by atoms with Gasteiger partial charge in [0.1, 0.15) is 11.4 Å². The van der Waals surface area contributed by atoms with Gasteiger partial charge in [0.25, 0.3) is 5.91 Å². The molecule has 1 heterocycles. The molecule has 0 saturated heterocycles. The van der Waals surface area contributed by atoms with Crippen LogP contribution in [0.3, 0.4) is 0 Å². The fourth-order valence-corrected chi connectivity index (χ4v) is 2.77. The van der Waals surface area contributed by atoms with Crippen LogP contribution in [0, 0.1) is 5.82 Å². The number of ether oxygens (including phenoxy) is 1. The molecule has 0 spiro atoms. The molecule has 0 radical (unpaired) electrons. The topological polar surface area (TPSA) is 85.2 Å². The Bertz CT molecular complexity index is 839. The largest absolute Gasteiger partial charge is 0.444 e. The third-order valence-corrected chi connectivity index (χ3v) is 3.98. The standard InChI is InChI=1S/C21H29FN4O3/c1-14(2)18-17(13-25-26(18)16-9-7-15(22)8-10-16)19(27)23-11-6-12-24-20(28)29-21(3,4)5/h7-10,13-14H,6,11-12H2,1-5H3,(H,23,27)(H,24,28). The van der Waals surface area contributed by atoms with Crippen LogP contribution in [-0.2, 0) is 4.74 Å². The minimum absolute atomic E-state index is 0.0390. The van der Waals surface area contributed by atoms with Crippen molar-refractivity contribution in [3.8, 4) is 5.69 Å². The van der Waals surface area contributed by atoms with Gasteiger partial charge in [-0.1, -0.05) is 13.8 Å². The zero-order valence-corrected chi connectivity index (χ0v) is 17.6. The lowest BCUT2D eigenvalue weighted by atomic mass is 10.0. The van der Waals surface area contributed by atoms with Gasteiger partial charge in [0, 0.05) is 13.1 Å². The highest BCUT2D eigenvalue weighted by molar-refractivity contribution is 5.95. The molecule has 2 amide bonds. The van der Waals surface area contributed by atoms with E-state index in [0.29, 0.717) is 30.8 Å². The Morgan fingerprint density at radius 1 is 1.14 bits per heavy atom. The number of hydrogen-bond acceptors (Lipinski definition) is 4. The number of carbonyl (C=O) groups excluding carboxylic acids is 2. The number of amides is 2. The molecule has 0 aliphatic heterocycles. The third-order valence-electron chi connectivity index (χ3n) is 3.98. The summed E-state index contributed by atoms with van der Waals surface area (Å²) in [6.45, 7) is 10.1. The van der Waals surface area contributed by atoms with E-state index in [1.165, 1.54) is 18.3 Å². The summed E-state index contributed by atoms with van der Waals surface area (Å²) in [4.78, 5) is 24.2. The maximum atomic E-state index is 13.2. The van der Waals surface area contributed by atoms with E-state index in [4.69, 9.17) is 4.74 Å². The highest BCUT2D eigenvalue weighted by Crippen LogP contribution is 2.23. The summed E-state index contributed by atoms with van der Waals surface area (Å²) in [5, 5.41) is 9.82. The molecule has 0 aliphatic carbocycles. The van der Waals surface area contributed by atoms with Crippen LogP contribution in [-0.4, -0.2) is 40.5 Å². The zero-order valence-electron chi connectivity index (χ0n) is 17.6. The number of aromatic nitrogens is 2. The van der Waals surface area contributed by atoms with Crippen LogP contribution in [0.5, 0.6) is 0 Å². The van der Waals surface area contributed by atoms with Crippen molar-refractivity contribution in [3.63, 3.8) is 0 Å². The minimum Gasteiger partial charge on any atom is -0.444 e. The van der Waals surface area contributed by atoms with E-state index in [9.17, 15) is 14.0 Å². The summed E-state index contributed by atoms with van der Waals surface area (Å²) < 4.78 is 20.0. The van der Waals surface area contributed by atoms with Crippen LogP contribution in [0.4, 0.5) is 9.18 Å². The molecule has 2 aromatic rings.